The van der Waals surface area contributed by atoms with Crippen LogP contribution in [0, 0.1) is 5.92 Å². The average molecular weight is 491 g/mol. The van der Waals surface area contributed by atoms with Crippen molar-refractivity contribution in [3.63, 3.8) is 0 Å². The molecule has 0 radical (unpaired) electrons. The molecule has 0 aliphatic rings. The van der Waals surface area contributed by atoms with E-state index in [1.807, 2.05) is 18.2 Å². The molecule has 0 atom stereocenters. The van der Waals surface area contributed by atoms with Gasteiger partial charge in [0.25, 0.3) is 5.91 Å². The molecular formula is C30H38N2O4. The Morgan fingerprint density at radius 3 is 2.08 bits per heavy atom. The molecular weight excluding hydrogens is 452 g/mol. The number of aromatic hydroxyl groups is 1. The summed E-state index contributed by atoms with van der Waals surface area (Å²) in [6.07, 6.45) is 3.55. The Morgan fingerprint density at radius 2 is 1.58 bits per heavy atom. The van der Waals surface area contributed by atoms with Crippen molar-refractivity contribution in [1.29, 1.82) is 0 Å². The molecule has 0 aliphatic carbocycles. The highest BCUT2D eigenvalue weighted by atomic mass is 16.4. The van der Waals surface area contributed by atoms with E-state index >= 15 is 0 Å². The van der Waals surface area contributed by atoms with Crippen molar-refractivity contribution in [3.8, 4) is 17.0 Å². The minimum atomic E-state index is -0.913. The van der Waals surface area contributed by atoms with Crippen LogP contribution in [-0.4, -0.2) is 33.6 Å². The Kier molecular flexibility index (Phi) is 10.7. The molecule has 3 N–H and O–H groups in total. The second kappa shape index (κ2) is 13.4. The first-order chi connectivity index (χ1) is 17.0. The molecule has 1 amide bonds. The van der Waals surface area contributed by atoms with Crippen molar-refractivity contribution in [1.82, 2.24) is 10.3 Å². The molecule has 3 rings (SSSR count). The van der Waals surface area contributed by atoms with Gasteiger partial charge in [-0.2, -0.15) is 0 Å². The van der Waals surface area contributed by atoms with Gasteiger partial charge in [-0.05, 0) is 59.6 Å². The van der Waals surface area contributed by atoms with E-state index in [0.717, 1.165) is 24.1 Å². The fraction of sp³-hybridized carbons (Fsp3) is 0.367. The Hall–Kier alpha value is -3.67. The molecule has 2 aromatic carbocycles. The summed E-state index contributed by atoms with van der Waals surface area (Å²) in [5.74, 6) is -0.278. The maximum Gasteiger partial charge on any atom is 0.305 e. The number of carbonyl (C=O) groups is 2. The van der Waals surface area contributed by atoms with Gasteiger partial charge in [-0.25, -0.2) is 0 Å². The summed E-state index contributed by atoms with van der Waals surface area (Å²) in [7, 11) is 0. The van der Waals surface area contributed by atoms with E-state index in [1.54, 1.807) is 18.2 Å². The summed E-state index contributed by atoms with van der Waals surface area (Å²) in [6, 6.07) is 19.3. The number of nitrogens with zero attached hydrogens (tertiary/aromatic N) is 1. The van der Waals surface area contributed by atoms with Crippen LogP contribution in [0.4, 0.5) is 0 Å². The highest BCUT2D eigenvalue weighted by Crippen LogP contribution is 2.25. The molecule has 0 unspecified atom stereocenters. The molecule has 0 aliphatic heterocycles. The van der Waals surface area contributed by atoms with E-state index in [4.69, 9.17) is 5.11 Å². The molecule has 0 spiro atoms. The normalized spacial score (nSPS) is 10.9. The van der Waals surface area contributed by atoms with Gasteiger partial charge in [-0.15, -0.1) is 0 Å². The number of rotatable bonds is 8. The van der Waals surface area contributed by atoms with Crippen LogP contribution >= 0.6 is 0 Å². The number of carboxylic acid groups (broad SMARTS) is 1. The summed E-state index contributed by atoms with van der Waals surface area (Å²) in [6.45, 7) is 11.1. The Balaban J connectivity index is 0.000000255. The quantitative estimate of drug-likeness (QED) is 0.347. The molecule has 3 aromatic rings. The first kappa shape index (κ1) is 28.6. The summed E-state index contributed by atoms with van der Waals surface area (Å²) in [5, 5.41) is 20.3. The third-order valence-corrected chi connectivity index (χ3v) is 5.65. The van der Waals surface area contributed by atoms with Crippen LogP contribution in [0.5, 0.6) is 5.75 Å². The number of aryl methyl sites for hydroxylation is 1. The standard InChI is InChI=1S/C15H21NO3.C15H17NO/c1-11(2)3-4-12-5-7-13(8-6-12)15(19)16-10-9-14(17)18;1-15(2,3)12-6-4-11(5-7-12)14-9-8-13(17)10-16-14/h5-8,11H,3-4,9-10H2,1-2H3,(H,16,19)(H,17,18);4-10,17H,1-3H3. The lowest BCUT2D eigenvalue weighted by atomic mass is 9.86. The van der Waals surface area contributed by atoms with E-state index in [2.05, 4.69) is 69.2 Å². The van der Waals surface area contributed by atoms with Crippen molar-refractivity contribution in [2.75, 3.05) is 6.54 Å². The molecule has 0 saturated heterocycles. The number of aliphatic carboxylic acids is 1. The number of carboxylic acids is 1. The summed E-state index contributed by atoms with van der Waals surface area (Å²) >= 11 is 0. The Morgan fingerprint density at radius 1 is 0.944 bits per heavy atom. The van der Waals surface area contributed by atoms with Gasteiger partial charge in [0, 0.05) is 17.7 Å². The Bertz CT molecular complexity index is 1100. The molecule has 36 heavy (non-hydrogen) atoms. The third kappa shape index (κ3) is 9.90. The van der Waals surface area contributed by atoms with Crippen LogP contribution in [0.1, 0.15) is 68.9 Å². The van der Waals surface area contributed by atoms with E-state index < -0.39 is 5.97 Å². The van der Waals surface area contributed by atoms with Crippen LogP contribution < -0.4 is 5.32 Å². The van der Waals surface area contributed by atoms with Crippen molar-refractivity contribution < 1.29 is 19.8 Å². The lowest BCUT2D eigenvalue weighted by molar-refractivity contribution is -0.136. The van der Waals surface area contributed by atoms with Crippen LogP contribution in [-0.2, 0) is 16.6 Å². The fourth-order valence-electron chi connectivity index (χ4n) is 3.36. The van der Waals surface area contributed by atoms with Gasteiger partial charge >= 0.3 is 5.97 Å². The van der Waals surface area contributed by atoms with Gasteiger partial charge in [0.15, 0.2) is 0 Å². The van der Waals surface area contributed by atoms with Gasteiger partial charge in [-0.1, -0.05) is 71.0 Å². The zero-order valence-electron chi connectivity index (χ0n) is 21.9. The molecule has 1 aromatic heterocycles. The number of hydrogen-bond acceptors (Lipinski definition) is 4. The maximum absolute atomic E-state index is 11.7. The number of benzene rings is 2. The van der Waals surface area contributed by atoms with Gasteiger partial charge in [-0.3, -0.25) is 14.6 Å². The minimum absolute atomic E-state index is 0.0573. The minimum Gasteiger partial charge on any atom is -0.506 e. The SMILES string of the molecule is CC(C)(C)c1ccc(-c2ccc(O)cn2)cc1.CC(C)CCc1ccc(C(=O)NCCC(=O)O)cc1. The molecule has 192 valence electrons. The number of hydrogen-bond donors (Lipinski definition) is 3. The van der Waals surface area contributed by atoms with Gasteiger partial charge in [0.05, 0.1) is 18.3 Å². The van der Waals surface area contributed by atoms with Crippen LogP contribution in [0.25, 0.3) is 11.3 Å². The second-order valence-corrected chi connectivity index (χ2v) is 10.3. The largest absolute Gasteiger partial charge is 0.506 e. The summed E-state index contributed by atoms with van der Waals surface area (Å²) in [5.41, 5.74) is 5.21. The molecule has 6 heteroatoms. The zero-order valence-corrected chi connectivity index (χ0v) is 21.9. The topological polar surface area (TPSA) is 99.5 Å². The average Bonchev–Trinajstić information content (AvgIpc) is 2.83. The van der Waals surface area contributed by atoms with Crippen molar-refractivity contribution in [3.05, 3.63) is 83.6 Å². The van der Waals surface area contributed by atoms with Crippen LogP contribution in [0.3, 0.4) is 0 Å². The monoisotopic (exact) mass is 490 g/mol. The summed E-state index contributed by atoms with van der Waals surface area (Å²) in [4.78, 5) is 26.2. The highest BCUT2D eigenvalue weighted by Gasteiger charge is 2.13. The van der Waals surface area contributed by atoms with Gasteiger partial charge in [0.1, 0.15) is 5.75 Å². The predicted octanol–water partition coefficient (Wildman–Crippen LogP) is 6.23. The van der Waals surface area contributed by atoms with E-state index in [9.17, 15) is 14.7 Å². The number of aromatic nitrogens is 1. The van der Waals surface area contributed by atoms with Crippen molar-refractivity contribution in [2.24, 2.45) is 5.92 Å². The zero-order chi connectivity index (χ0) is 26.7. The molecule has 0 bridgehead atoms. The van der Waals surface area contributed by atoms with E-state index in [-0.39, 0.29) is 30.0 Å². The fourth-order valence-corrected chi connectivity index (χ4v) is 3.36. The van der Waals surface area contributed by atoms with E-state index in [0.29, 0.717) is 11.5 Å². The molecule has 0 fully saturated rings. The lowest BCUT2D eigenvalue weighted by Crippen LogP contribution is -2.25. The third-order valence-electron chi connectivity index (χ3n) is 5.65. The van der Waals surface area contributed by atoms with Gasteiger partial charge < -0.3 is 15.5 Å². The smallest absolute Gasteiger partial charge is 0.305 e. The number of pyridine rings is 1. The lowest BCUT2D eigenvalue weighted by Gasteiger charge is -2.19. The first-order valence-electron chi connectivity index (χ1n) is 12.3. The highest BCUT2D eigenvalue weighted by molar-refractivity contribution is 5.94. The Labute approximate surface area is 214 Å². The maximum atomic E-state index is 11.7. The van der Waals surface area contributed by atoms with Crippen molar-refractivity contribution in [2.45, 2.75) is 59.3 Å². The van der Waals surface area contributed by atoms with Crippen LogP contribution in [0.15, 0.2) is 66.9 Å². The number of nitrogens with one attached hydrogen (secondary N) is 1. The van der Waals surface area contributed by atoms with E-state index in [1.165, 1.54) is 17.3 Å². The number of carbonyl (C=O) groups excluding carboxylic acids is 1. The molecule has 1 heterocycles. The second-order valence-electron chi connectivity index (χ2n) is 10.3. The number of amides is 1. The van der Waals surface area contributed by atoms with Crippen LogP contribution in [0.2, 0.25) is 0 Å². The van der Waals surface area contributed by atoms with Gasteiger partial charge in [0.2, 0.25) is 0 Å². The molecule has 6 nitrogen and oxygen atoms in total. The molecule has 0 saturated carbocycles. The van der Waals surface area contributed by atoms with Crippen molar-refractivity contribution >= 4 is 11.9 Å². The first-order valence-corrected chi connectivity index (χ1v) is 12.3. The summed E-state index contributed by atoms with van der Waals surface area (Å²) < 4.78 is 0. The predicted molar refractivity (Wildman–Crippen MR) is 144 cm³/mol.